The smallest absolute Gasteiger partial charge is 0.0883 e. The number of hydrogen-bond acceptors (Lipinski definition) is 6. The fourth-order valence-corrected chi connectivity index (χ4v) is 12.9. The molecule has 4 unspecified atom stereocenters. The number of anilines is 15. The summed E-state index contributed by atoms with van der Waals surface area (Å²) in [5.74, 6) is 0.876. The van der Waals surface area contributed by atoms with Gasteiger partial charge in [-0.15, -0.1) is 0 Å². The number of para-hydroxylation sites is 8. The Morgan fingerprint density at radius 1 is 0.281 bits per heavy atom. The molecule has 440 valence electrons. The summed E-state index contributed by atoms with van der Waals surface area (Å²) < 4.78 is 0. The van der Waals surface area contributed by atoms with E-state index in [9.17, 15) is 0 Å². The average Bonchev–Trinajstić information content (AvgIpc) is 1.93. The summed E-state index contributed by atoms with van der Waals surface area (Å²) in [6, 6.07) is 110. The van der Waals surface area contributed by atoms with E-state index in [-0.39, 0.29) is 6.04 Å². The third-order valence-corrected chi connectivity index (χ3v) is 18.1. The highest BCUT2D eigenvalue weighted by Gasteiger charge is 2.36. The van der Waals surface area contributed by atoms with Crippen molar-refractivity contribution in [2.45, 2.75) is 51.6 Å². The molecule has 12 aromatic carbocycles. The highest BCUT2D eigenvalue weighted by molar-refractivity contribution is 6.43. The van der Waals surface area contributed by atoms with Gasteiger partial charge in [0.15, 0.2) is 0 Å². The van der Waals surface area contributed by atoms with E-state index in [1.807, 2.05) is 54.6 Å². The first-order valence-corrected chi connectivity index (χ1v) is 31.4. The molecular formula is C80H69Cl3N6. The van der Waals surface area contributed by atoms with Gasteiger partial charge in [0, 0.05) is 92.2 Å². The summed E-state index contributed by atoms with van der Waals surface area (Å²) in [6.45, 7) is 9.06. The summed E-state index contributed by atoms with van der Waals surface area (Å²) in [4.78, 5) is 11.5. The third-order valence-electron chi connectivity index (χ3n) is 16.9. The monoisotopic (exact) mass is 1220 g/mol. The van der Waals surface area contributed by atoms with Crippen LogP contribution in [-0.4, -0.2) is 12.1 Å². The minimum Gasteiger partial charge on any atom is -0.355 e. The maximum absolute atomic E-state index is 7.46. The van der Waals surface area contributed by atoms with Crippen LogP contribution in [0.2, 0.25) is 15.1 Å². The lowest BCUT2D eigenvalue weighted by molar-refractivity contribution is 0.642. The van der Waals surface area contributed by atoms with Crippen molar-refractivity contribution in [3.63, 3.8) is 0 Å². The maximum Gasteiger partial charge on any atom is 0.0883 e. The molecule has 4 atom stereocenters. The van der Waals surface area contributed by atoms with Gasteiger partial charge in [-0.05, 0) is 171 Å². The SMILES string of the molecule is CC1c2ccccc2N(c2cccc(Cl)c2Cl)C1C.CC1c2ccccc2N(c2cccc(N(c3ccccc3)c3cccc(N(c4ccccc4)c4ccccc4)c3)c2Cl)C1C.c1ccc(Nc2cccc(N(c3ccccc3)c3ccccc3)c2)cc1. The molecule has 2 aliphatic rings. The molecule has 2 heterocycles. The van der Waals surface area contributed by atoms with Crippen LogP contribution in [0.3, 0.4) is 0 Å². The van der Waals surface area contributed by atoms with Crippen molar-refractivity contribution in [1.82, 2.24) is 0 Å². The van der Waals surface area contributed by atoms with Gasteiger partial charge in [-0.1, -0.05) is 219 Å². The topological polar surface area (TPSA) is 28.2 Å². The molecule has 0 spiro atoms. The van der Waals surface area contributed by atoms with Gasteiger partial charge in [-0.2, -0.15) is 0 Å². The molecule has 89 heavy (non-hydrogen) atoms. The molecule has 6 nitrogen and oxygen atoms in total. The van der Waals surface area contributed by atoms with E-state index < -0.39 is 0 Å². The van der Waals surface area contributed by atoms with E-state index in [1.54, 1.807) is 0 Å². The molecule has 1 N–H and O–H groups in total. The lowest BCUT2D eigenvalue weighted by Crippen LogP contribution is -2.26. The first kappa shape index (κ1) is 59.6. The summed E-state index contributed by atoms with van der Waals surface area (Å²) >= 11 is 20.0. The Bertz CT molecular complexity index is 4190. The Balaban J connectivity index is 0.000000144. The van der Waals surface area contributed by atoms with Crippen LogP contribution in [0.15, 0.2) is 315 Å². The van der Waals surface area contributed by atoms with E-state index in [0.717, 1.165) is 79.0 Å². The normalized spacial score (nSPS) is 15.3. The molecule has 0 fully saturated rings. The molecule has 12 aromatic rings. The average molecular weight is 1220 g/mol. The number of benzene rings is 12. The summed E-state index contributed by atoms with van der Waals surface area (Å²) in [5.41, 5.74) is 18.9. The van der Waals surface area contributed by atoms with Crippen molar-refractivity contribution in [2.24, 2.45) is 0 Å². The van der Waals surface area contributed by atoms with Crippen LogP contribution in [0, 0.1) is 0 Å². The van der Waals surface area contributed by atoms with Gasteiger partial charge in [0.1, 0.15) is 0 Å². The number of fused-ring (bicyclic) bond motifs is 2. The van der Waals surface area contributed by atoms with E-state index in [0.29, 0.717) is 27.9 Å². The Labute approximate surface area is 539 Å². The van der Waals surface area contributed by atoms with Gasteiger partial charge in [0.05, 0.1) is 32.1 Å². The zero-order valence-corrected chi connectivity index (χ0v) is 52.5. The fraction of sp³-hybridized carbons (Fsp3) is 0.100. The van der Waals surface area contributed by atoms with Gasteiger partial charge < -0.3 is 29.8 Å². The zero-order valence-electron chi connectivity index (χ0n) is 50.2. The van der Waals surface area contributed by atoms with E-state index in [2.05, 4.69) is 318 Å². The minimum atomic E-state index is 0.277. The summed E-state index contributed by atoms with van der Waals surface area (Å²) in [6.07, 6.45) is 0. The standard InChI is InChI=1S/C40H34ClN3.C24H20N2.C16H15Cl2N/c1-29-30(2)42(37-25-13-12-24-36(29)37)38-26-15-27-39(40(38)41)44(33-20-10-5-11-21-33)35-23-14-22-34(28-35)43(31-16-6-3-7-17-31)32-18-8-4-9-19-32;1-4-11-20(12-5-1)25-21-13-10-18-24(19-21)26(22-14-6-2-7-15-22)23-16-8-3-9-17-23;1-10-11(2)19(14-8-4-3-6-12(10)14)15-9-5-7-13(17)16(15)18/h3-30H,1-2H3;1-19,25H;3-11H,1-2H3. The molecule has 0 aliphatic carbocycles. The van der Waals surface area contributed by atoms with Crippen molar-refractivity contribution in [1.29, 1.82) is 0 Å². The Hall–Kier alpha value is -9.69. The molecule has 9 heteroatoms. The number of nitrogens with one attached hydrogen (secondary N) is 1. The summed E-state index contributed by atoms with van der Waals surface area (Å²) in [7, 11) is 0. The maximum atomic E-state index is 7.46. The van der Waals surface area contributed by atoms with Crippen molar-refractivity contribution in [3.05, 3.63) is 342 Å². The van der Waals surface area contributed by atoms with Crippen LogP contribution >= 0.6 is 34.8 Å². The summed E-state index contributed by atoms with van der Waals surface area (Å²) in [5, 5.41) is 5.42. The molecule has 14 rings (SSSR count). The molecule has 0 saturated heterocycles. The van der Waals surface area contributed by atoms with E-state index in [4.69, 9.17) is 34.8 Å². The third kappa shape index (κ3) is 12.9. The van der Waals surface area contributed by atoms with Crippen LogP contribution in [-0.2, 0) is 0 Å². The highest BCUT2D eigenvalue weighted by Crippen LogP contribution is 2.52. The predicted molar refractivity (Wildman–Crippen MR) is 381 cm³/mol. The molecule has 0 amide bonds. The number of rotatable bonds is 13. The molecule has 0 bridgehead atoms. The van der Waals surface area contributed by atoms with Crippen LogP contribution in [0.4, 0.5) is 85.3 Å². The minimum absolute atomic E-state index is 0.277. The van der Waals surface area contributed by atoms with Crippen molar-refractivity contribution < 1.29 is 0 Å². The van der Waals surface area contributed by atoms with Crippen LogP contribution in [0.1, 0.15) is 50.7 Å². The fourth-order valence-electron chi connectivity index (χ4n) is 12.2. The van der Waals surface area contributed by atoms with Crippen LogP contribution in [0.25, 0.3) is 0 Å². The van der Waals surface area contributed by atoms with Crippen LogP contribution in [0.5, 0.6) is 0 Å². The van der Waals surface area contributed by atoms with Crippen molar-refractivity contribution >= 4 is 120 Å². The quantitative estimate of drug-likeness (QED) is 0.124. The number of nitrogens with zero attached hydrogens (tertiary/aromatic N) is 5. The molecule has 0 aromatic heterocycles. The largest absolute Gasteiger partial charge is 0.355 e. The lowest BCUT2D eigenvalue weighted by Gasteiger charge is -2.32. The predicted octanol–water partition coefficient (Wildman–Crippen LogP) is 24.5. The van der Waals surface area contributed by atoms with Gasteiger partial charge in [-0.25, -0.2) is 0 Å². The van der Waals surface area contributed by atoms with Crippen molar-refractivity contribution in [2.75, 3.05) is 29.8 Å². The number of halogens is 3. The molecule has 0 saturated carbocycles. The molecule has 0 radical (unpaired) electrons. The Morgan fingerprint density at radius 2 is 0.596 bits per heavy atom. The lowest BCUT2D eigenvalue weighted by atomic mass is 9.98. The second-order valence-electron chi connectivity index (χ2n) is 22.3. The first-order valence-electron chi connectivity index (χ1n) is 30.3. The highest BCUT2D eigenvalue weighted by atomic mass is 35.5. The Kier molecular flexibility index (Phi) is 18.5. The van der Waals surface area contributed by atoms with Gasteiger partial charge >= 0.3 is 0 Å². The number of hydrogen-bond donors (Lipinski definition) is 1. The van der Waals surface area contributed by atoms with Gasteiger partial charge in [0.25, 0.3) is 0 Å². The zero-order chi connectivity index (χ0) is 61.2. The van der Waals surface area contributed by atoms with Crippen molar-refractivity contribution in [3.8, 4) is 0 Å². The van der Waals surface area contributed by atoms with E-state index in [1.165, 1.54) is 22.5 Å². The molecule has 2 aliphatic heterocycles. The second kappa shape index (κ2) is 27.6. The molecular weight excluding hydrogens is 1150 g/mol. The second-order valence-corrected chi connectivity index (χ2v) is 23.5. The van der Waals surface area contributed by atoms with Gasteiger partial charge in [0.2, 0.25) is 0 Å². The van der Waals surface area contributed by atoms with Gasteiger partial charge in [-0.3, -0.25) is 0 Å². The van der Waals surface area contributed by atoms with E-state index >= 15 is 0 Å². The first-order chi connectivity index (χ1) is 43.6. The Morgan fingerprint density at radius 3 is 1.06 bits per heavy atom. The van der Waals surface area contributed by atoms with Crippen LogP contribution < -0.4 is 29.8 Å².